The molecule has 1 heterocycles. The van der Waals surface area contributed by atoms with Crippen molar-refractivity contribution in [3.8, 4) is 0 Å². The van der Waals surface area contributed by atoms with Crippen LogP contribution in [0.1, 0.15) is 24.8 Å². The van der Waals surface area contributed by atoms with Crippen LogP contribution in [-0.4, -0.2) is 47.2 Å². The first-order valence-electron chi connectivity index (χ1n) is 7.32. The summed E-state index contributed by atoms with van der Waals surface area (Å²) in [5, 5.41) is 0. The van der Waals surface area contributed by atoms with Gasteiger partial charge in [0.05, 0.1) is 4.83 Å². The molecule has 1 aliphatic heterocycles. The fourth-order valence-corrected chi connectivity index (χ4v) is 3.23. The van der Waals surface area contributed by atoms with Crippen LogP contribution in [0, 0.1) is 0 Å². The summed E-state index contributed by atoms with van der Waals surface area (Å²) in [5.74, 6) is 0.266. The second-order valence-corrected chi connectivity index (χ2v) is 6.62. The van der Waals surface area contributed by atoms with E-state index < -0.39 is 0 Å². The SMILES string of the molecule is CN(CCCN1CCCC(Br)C1=O)Cc1ccccc1. The van der Waals surface area contributed by atoms with Crippen LogP contribution in [0.3, 0.4) is 0 Å². The Morgan fingerprint density at radius 3 is 2.85 bits per heavy atom. The van der Waals surface area contributed by atoms with E-state index in [1.807, 2.05) is 11.0 Å². The smallest absolute Gasteiger partial charge is 0.236 e. The average Bonchev–Trinajstić information content (AvgIpc) is 2.44. The van der Waals surface area contributed by atoms with E-state index in [9.17, 15) is 4.79 Å². The van der Waals surface area contributed by atoms with E-state index in [0.717, 1.165) is 45.4 Å². The highest BCUT2D eigenvalue weighted by Gasteiger charge is 2.25. The lowest BCUT2D eigenvalue weighted by Gasteiger charge is -2.30. The fraction of sp³-hybridized carbons (Fsp3) is 0.562. The van der Waals surface area contributed by atoms with E-state index in [1.165, 1.54) is 5.56 Å². The van der Waals surface area contributed by atoms with Gasteiger partial charge in [-0.25, -0.2) is 0 Å². The highest BCUT2D eigenvalue weighted by atomic mass is 79.9. The van der Waals surface area contributed by atoms with Gasteiger partial charge in [-0.05, 0) is 38.4 Å². The largest absolute Gasteiger partial charge is 0.342 e. The second kappa shape index (κ2) is 7.79. The number of hydrogen-bond acceptors (Lipinski definition) is 2. The summed E-state index contributed by atoms with van der Waals surface area (Å²) in [7, 11) is 2.14. The lowest BCUT2D eigenvalue weighted by molar-refractivity contribution is -0.132. The van der Waals surface area contributed by atoms with Gasteiger partial charge in [0, 0.05) is 19.6 Å². The Hall–Kier alpha value is -0.870. The number of rotatable bonds is 6. The minimum Gasteiger partial charge on any atom is -0.342 e. The first kappa shape index (κ1) is 15.5. The van der Waals surface area contributed by atoms with Crippen LogP contribution in [0.4, 0.5) is 0 Å². The topological polar surface area (TPSA) is 23.6 Å². The number of likely N-dealkylation sites (tertiary alicyclic amines) is 1. The molecule has 0 aliphatic carbocycles. The lowest BCUT2D eigenvalue weighted by atomic mass is 10.1. The third-order valence-corrected chi connectivity index (χ3v) is 4.58. The maximum Gasteiger partial charge on any atom is 0.236 e. The molecule has 1 unspecified atom stereocenters. The van der Waals surface area contributed by atoms with Gasteiger partial charge < -0.3 is 9.80 Å². The van der Waals surface area contributed by atoms with Crippen molar-refractivity contribution >= 4 is 21.8 Å². The van der Waals surface area contributed by atoms with Crippen LogP contribution < -0.4 is 0 Å². The zero-order chi connectivity index (χ0) is 14.4. The molecule has 4 heteroatoms. The summed E-state index contributed by atoms with van der Waals surface area (Å²) in [5.41, 5.74) is 1.34. The number of hydrogen-bond donors (Lipinski definition) is 0. The molecular weight excluding hydrogens is 316 g/mol. The van der Waals surface area contributed by atoms with Crippen molar-refractivity contribution in [1.29, 1.82) is 0 Å². The van der Waals surface area contributed by atoms with E-state index in [-0.39, 0.29) is 10.7 Å². The Kier molecular flexibility index (Phi) is 6.05. The van der Waals surface area contributed by atoms with E-state index in [0.29, 0.717) is 0 Å². The van der Waals surface area contributed by atoms with Crippen LogP contribution >= 0.6 is 15.9 Å². The molecule has 1 amide bonds. The summed E-state index contributed by atoms with van der Waals surface area (Å²) in [6.45, 7) is 3.78. The zero-order valence-corrected chi connectivity index (χ0v) is 13.7. The predicted molar refractivity (Wildman–Crippen MR) is 85.9 cm³/mol. The van der Waals surface area contributed by atoms with Gasteiger partial charge in [0.25, 0.3) is 0 Å². The Labute approximate surface area is 130 Å². The predicted octanol–water partition coefficient (Wildman–Crippen LogP) is 2.89. The number of carbonyl (C=O) groups excluding carboxylic acids is 1. The van der Waals surface area contributed by atoms with E-state index >= 15 is 0 Å². The van der Waals surface area contributed by atoms with Crippen molar-refractivity contribution in [2.75, 3.05) is 26.7 Å². The molecule has 1 fully saturated rings. The van der Waals surface area contributed by atoms with Gasteiger partial charge in [0.15, 0.2) is 0 Å². The van der Waals surface area contributed by atoms with Crippen molar-refractivity contribution in [2.45, 2.75) is 30.6 Å². The molecule has 0 aromatic heterocycles. The van der Waals surface area contributed by atoms with E-state index in [2.05, 4.69) is 52.1 Å². The van der Waals surface area contributed by atoms with Gasteiger partial charge >= 0.3 is 0 Å². The third kappa shape index (κ3) is 4.60. The summed E-state index contributed by atoms with van der Waals surface area (Å²) in [6, 6.07) is 10.5. The molecule has 0 bridgehead atoms. The number of halogens is 1. The maximum atomic E-state index is 12.0. The van der Waals surface area contributed by atoms with Crippen molar-refractivity contribution < 1.29 is 4.79 Å². The molecule has 0 spiro atoms. The Morgan fingerprint density at radius 1 is 1.35 bits per heavy atom. The summed E-state index contributed by atoms with van der Waals surface area (Å²) in [6.07, 6.45) is 3.12. The standard InChI is InChI=1S/C16H23BrN2O/c1-18(13-14-7-3-2-4-8-14)10-6-12-19-11-5-9-15(17)16(19)20/h2-4,7-8,15H,5-6,9-13H2,1H3. The summed E-state index contributed by atoms with van der Waals surface area (Å²) >= 11 is 3.46. The molecule has 1 aromatic carbocycles. The highest BCUT2D eigenvalue weighted by molar-refractivity contribution is 9.10. The van der Waals surface area contributed by atoms with Gasteiger partial charge in [0.1, 0.15) is 0 Å². The van der Waals surface area contributed by atoms with Crippen molar-refractivity contribution in [3.63, 3.8) is 0 Å². The molecule has 0 radical (unpaired) electrons. The first-order valence-corrected chi connectivity index (χ1v) is 8.23. The molecule has 1 aliphatic rings. The summed E-state index contributed by atoms with van der Waals surface area (Å²) in [4.78, 5) is 16.3. The number of benzene rings is 1. The number of piperidine rings is 1. The van der Waals surface area contributed by atoms with Gasteiger partial charge in [0.2, 0.25) is 5.91 Å². The second-order valence-electron chi connectivity index (χ2n) is 5.51. The molecule has 20 heavy (non-hydrogen) atoms. The number of nitrogens with zero attached hydrogens (tertiary/aromatic N) is 2. The maximum absolute atomic E-state index is 12.0. The molecule has 0 N–H and O–H groups in total. The van der Waals surface area contributed by atoms with Crippen molar-refractivity contribution in [3.05, 3.63) is 35.9 Å². The van der Waals surface area contributed by atoms with Gasteiger partial charge in [-0.1, -0.05) is 46.3 Å². The molecular formula is C16H23BrN2O. The number of amides is 1. The minimum absolute atomic E-state index is 0.0401. The average molecular weight is 339 g/mol. The zero-order valence-electron chi connectivity index (χ0n) is 12.1. The lowest BCUT2D eigenvalue weighted by Crippen LogP contribution is -2.42. The quantitative estimate of drug-likeness (QED) is 0.744. The molecule has 1 atom stereocenters. The van der Waals surface area contributed by atoms with Crippen LogP contribution in [0.15, 0.2) is 30.3 Å². The number of carbonyl (C=O) groups is 1. The van der Waals surface area contributed by atoms with Crippen molar-refractivity contribution in [1.82, 2.24) is 9.80 Å². The summed E-state index contributed by atoms with van der Waals surface area (Å²) < 4.78 is 0. The normalized spacial score (nSPS) is 19.6. The van der Waals surface area contributed by atoms with Gasteiger partial charge in [-0.2, -0.15) is 0 Å². The van der Waals surface area contributed by atoms with Crippen LogP contribution in [0.5, 0.6) is 0 Å². The van der Waals surface area contributed by atoms with E-state index in [1.54, 1.807) is 0 Å². The molecule has 0 saturated carbocycles. The first-order chi connectivity index (χ1) is 9.66. The highest BCUT2D eigenvalue weighted by Crippen LogP contribution is 2.18. The molecule has 110 valence electrons. The van der Waals surface area contributed by atoms with Crippen molar-refractivity contribution in [2.24, 2.45) is 0 Å². The Morgan fingerprint density at radius 2 is 2.10 bits per heavy atom. The molecule has 1 aromatic rings. The molecule has 3 nitrogen and oxygen atoms in total. The Balaban J connectivity index is 1.69. The Bertz CT molecular complexity index is 424. The fourth-order valence-electron chi connectivity index (χ4n) is 2.62. The minimum atomic E-state index is 0.0401. The molecule has 2 rings (SSSR count). The van der Waals surface area contributed by atoms with Gasteiger partial charge in [-0.3, -0.25) is 4.79 Å². The van der Waals surface area contributed by atoms with Crippen LogP contribution in [0.2, 0.25) is 0 Å². The third-order valence-electron chi connectivity index (χ3n) is 3.73. The number of alkyl halides is 1. The van der Waals surface area contributed by atoms with E-state index in [4.69, 9.17) is 0 Å². The van der Waals surface area contributed by atoms with Crippen LogP contribution in [0.25, 0.3) is 0 Å². The molecule has 1 saturated heterocycles. The van der Waals surface area contributed by atoms with Gasteiger partial charge in [-0.15, -0.1) is 0 Å². The van der Waals surface area contributed by atoms with Crippen LogP contribution in [-0.2, 0) is 11.3 Å². The monoisotopic (exact) mass is 338 g/mol.